The molecular weight excluding hydrogens is 783 g/mol. The molecule has 4 aliphatic rings. The topological polar surface area (TPSA) is 170 Å². The van der Waals surface area contributed by atoms with Crippen LogP contribution >= 0.6 is 0 Å². The van der Waals surface area contributed by atoms with Crippen LogP contribution in [0.5, 0.6) is 0 Å². The summed E-state index contributed by atoms with van der Waals surface area (Å²) < 4.78 is 10.1. The Kier molecular flexibility index (Phi) is 10.6. The third-order valence-corrected chi connectivity index (χ3v) is 14.1. The lowest BCUT2D eigenvalue weighted by Gasteiger charge is -2.40. The SMILES string of the molecule is C=C(N[C@H](C(=O)N1C[C@H]2CC[C@@]1(c1ncc(-c3ccc(-c4ccc(-c5cnc([C@@]67CC[C@H](CN6C(=O)[C@@H](NC(=O)OC)C(C)C)C7)[nH]5)c5ncccc45)cc3)[nH]1)C2)C(C)C)OC. The van der Waals surface area contributed by atoms with E-state index in [1.165, 1.54) is 7.11 Å². The number of methoxy groups -OCH3 is 2. The highest BCUT2D eigenvalue weighted by molar-refractivity contribution is 6.02. The van der Waals surface area contributed by atoms with E-state index >= 15 is 0 Å². The molecule has 2 saturated carbocycles. The maximum atomic E-state index is 14.1. The monoisotopic (exact) mass is 839 g/mol. The van der Waals surface area contributed by atoms with Gasteiger partial charge in [-0.15, -0.1) is 0 Å². The van der Waals surface area contributed by atoms with E-state index in [0.29, 0.717) is 30.8 Å². The number of likely N-dealkylation sites (tertiary alicyclic amines) is 2. The number of nitrogens with zero attached hydrogens (tertiary/aromatic N) is 5. The number of carbonyl (C=O) groups is 3. The van der Waals surface area contributed by atoms with Crippen LogP contribution in [0, 0.1) is 23.7 Å². The third-order valence-electron chi connectivity index (χ3n) is 14.1. The Morgan fingerprint density at radius 2 is 1.27 bits per heavy atom. The van der Waals surface area contributed by atoms with Crippen LogP contribution in [0.1, 0.15) is 77.9 Å². The number of aromatic amines is 2. The van der Waals surface area contributed by atoms with Crippen molar-refractivity contribution in [2.75, 3.05) is 27.3 Å². The molecule has 2 aliphatic carbocycles. The van der Waals surface area contributed by atoms with Gasteiger partial charge in [0.2, 0.25) is 11.8 Å². The number of aromatic nitrogens is 5. The number of hydrogen-bond acceptors (Lipinski definition) is 9. The second-order valence-electron chi connectivity index (χ2n) is 18.5. The lowest BCUT2D eigenvalue weighted by Crippen LogP contribution is -2.56. The molecule has 0 spiro atoms. The molecule has 2 aromatic carbocycles. The standard InChI is InChI=1S/C48H57N9O5/c1-27(2)39(52-29(5)61-6)42(58)56-25-30-16-18-47(56,21-30)44-50-23-37(53-44)33-12-10-32(11-13-33)34-14-15-36(41-35(34)9-8-20-49-41)38-24-51-45(54-38)48-19-17-31(22-48)26-57(48)43(59)40(28(3)4)55-46(60)62-7/h8-15,20,23-24,27-28,30-31,39-40,52H,5,16-19,21-22,25-26H2,1-4,6-7H3,(H,50,53)(H,51,54)(H,55,60)/t30-,31-,39-,40-,47-,48-/m0/s1. The van der Waals surface area contributed by atoms with Crippen molar-refractivity contribution in [2.24, 2.45) is 23.7 Å². The second kappa shape index (κ2) is 15.9. The summed E-state index contributed by atoms with van der Waals surface area (Å²) in [7, 11) is 2.86. The number of pyridine rings is 1. The summed E-state index contributed by atoms with van der Waals surface area (Å²) in [6, 6.07) is 15.6. The Hall–Kier alpha value is -6.18. The molecule has 4 bridgehead atoms. The number of carbonyl (C=O) groups excluding carboxylic acids is 3. The number of nitrogens with one attached hydrogen (secondary N) is 4. The van der Waals surface area contributed by atoms with E-state index in [4.69, 9.17) is 24.4 Å². The lowest BCUT2D eigenvalue weighted by atomic mass is 9.93. The molecule has 324 valence electrons. The minimum atomic E-state index is -0.705. The Balaban J connectivity index is 0.966. The fourth-order valence-corrected chi connectivity index (χ4v) is 10.9. The van der Waals surface area contributed by atoms with E-state index < -0.39 is 29.3 Å². The lowest BCUT2D eigenvalue weighted by molar-refractivity contribution is -0.141. The minimum Gasteiger partial charge on any atom is -0.483 e. The van der Waals surface area contributed by atoms with Gasteiger partial charge in [-0.05, 0) is 97.6 Å². The summed E-state index contributed by atoms with van der Waals surface area (Å²) in [6.45, 7) is 13.2. The van der Waals surface area contributed by atoms with Crippen molar-refractivity contribution in [3.05, 3.63) is 91.2 Å². The van der Waals surface area contributed by atoms with E-state index in [9.17, 15) is 14.4 Å². The summed E-state index contributed by atoms with van der Waals surface area (Å²) in [4.78, 5) is 66.4. The number of H-pyrrole nitrogens is 2. The maximum absolute atomic E-state index is 14.1. The van der Waals surface area contributed by atoms with Gasteiger partial charge in [0.25, 0.3) is 0 Å². The van der Waals surface area contributed by atoms with Crippen molar-refractivity contribution < 1.29 is 23.9 Å². The summed E-state index contributed by atoms with van der Waals surface area (Å²) in [6.07, 6.45) is 10.4. The normalized spacial score (nSPS) is 23.6. The Labute approximate surface area is 362 Å². The zero-order valence-electron chi connectivity index (χ0n) is 36.5. The molecule has 0 radical (unpaired) electrons. The average Bonchev–Trinajstić information content (AvgIpc) is 4.16. The van der Waals surface area contributed by atoms with Crippen molar-refractivity contribution in [2.45, 2.75) is 89.4 Å². The van der Waals surface area contributed by atoms with Crippen molar-refractivity contribution in [3.63, 3.8) is 0 Å². The van der Waals surface area contributed by atoms with Gasteiger partial charge in [-0.25, -0.2) is 14.8 Å². The predicted octanol–water partition coefficient (Wildman–Crippen LogP) is 7.47. The number of alkyl carbamates (subject to hydrolysis) is 1. The first-order valence-electron chi connectivity index (χ1n) is 21.9. The molecule has 2 aliphatic heterocycles. The van der Waals surface area contributed by atoms with Crippen LogP contribution in [0.2, 0.25) is 0 Å². The number of benzene rings is 2. The number of piperidine rings is 2. The molecule has 4 fully saturated rings. The molecule has 14 heteroatoms. The Morgan fingerprint density at radius 3 is 1.84 bits per heavy atom. The number of amides is 3. The molecule has 2 saturated heterocycles. The van der Waals surface area contributed by atoms with Crippen LogP contribution in [-0.2, 0) is 30.1 Å². The fourth-order valence-electron chi connectivity index (χ4n) is 10.9. The maximum Gasteiger partial charge on any atom is 0.407 e. The van der Waals surface area contributed by atoms with Crippen molar-refractivity contribution >= 4 is 28.8 Å². The summed E-state index contributed by atoms with van der Waals surface area (Å²) in [5.41, 5.74) is 5.56. The highest BCUT2D eigenvalue weighted by Crippen LogP contribution is 2.54. The van der Waals surface area contributed by atoms with Crippen LogP contribution in [0.15, 0.2) is 79.6 Å². The van der Waals surface area contributed by atoms with Gasteiger partial charge >= 0.3 is 6.09 Å². The first-order chi connectivity index (χ1) is 29.8. The van der Waals surface area contributed by atoms with Crippen LogP contribution in [0.4, 0.5) is 4.79 Å². The summed E-state index contributed by atoms with van der Waals surface area (Å²) in [5, 5.41) is 6.98. The Bertz CT molecular complexity index is 2530. The average molecular weight is 840 g/mol. The van der Waals surface area contributed by atoms with Gasteiger partial charge < -0.3 is 39.9 Å². The van der Waals surface area contributed by atoms with Crippen LogP contribution in [-0.4, -0.2) is 92.0 Å². The van der Waals surface area contributed by atoms with Gasteiger partial charge in [-0.2, -0.15) is 0 Å². The van der Waals surface area contributed by atoms with E-state index in [1.807, 2.05) is 62.2 Å². The van der Waals surface area contributed by atoms with Crippen molar-refractivity contribution in [1.82, 2.24) is 45.4 Å². The predicted molar refractivity (Wildman–Crippen MR) is 236 cm³/mol. The van der Waals surface area contributed by atoms with Gasteiger partial charge in [0, 0.05) is 30.2 Å². The van der Waals surface area contributed by atoms with Gasteiger partial charge in [-0.1, -0.05) is 64.1 Å². The fraction of sp³-hybridized carbons (Fsp3) is 0.458. The molecule has 5 heterocycles. The van der Waals surface area contributed by atoms with Crippen LogP contribution in [0.25, 0.3) is 44.5 Å². The van der Waals surface area contributed by atoms with Gasteiger partial charge in [0.15, 0.2) is 5.88 Å². The third kappa shape index (κ3) is 6.87. The van der Waals surface area contributed by atoms with E-state index in [-0.39, 0.29) is 23.7 Å². The van der Waals surface area contributed by atoms with E-state index in [1.54, 1.807) is 7.11 Å². The molecule has 3 aromatic heterocycles. The van der Waals surface area contributed by atoms with Gasteiger partial charge in [-0.3, -0.25) is 14.6 Å². The molecule has 3 amide bonds. The van der Waals surface area contributed by atoms with E-state index in [0.717, 1.165) is 94.7 Å². The number of fused-ring (bicyclic) bond motifs is 5. The number of ether oxygens (including phenoxy) is 2. The smallest absolute Gasteiger partial charge is 0.407 e. The van der Waals surface area contributed by atoms with Gasteiger partial charge in [0.05, 0.1) is 43.5 Å². The molecule has 4 N–H and O–H groups in total. The molecule has 9 rings (SSSR count). The van der Waals surface area contributed by atoms with Gasteiger partial charge in [0.1, 0.15) is 34.8 Å². The summed E-state index contributed by atoms with van der Waals surface area (Å²) >= 11 is 0. The number of rotatable bonds is 13. The molecule has 62 heavy (non-hydrogen) atoms. The van der Waals surface area contributed by atoms with Crippen LogP contribution in [0.3, 0.4) is 0 Å². The molecular formula is C48H57N9O5. The van der Waals surface area contributed by atoms with Crippen molar-refractivity contribution in [1.29, 1.82) is 0 Å². The molecule has 14 nitrogen and oxygen atoms in total. The van der Waals surface area contributed by atoms with Crippen molar-refractivity contribution in [3.8, 4) is 33.6 Å². The molecule has 6 atom stereocenters. The number of hydrogen-bond donors (Lipinski definition) is 4. The highest BCUT2D eigenvalue weighted by Gasteiger charge is 2.57. The van der Waals surface area contributed by atoms with E-state index in [2.05, 4.69) is 69.6 Å². The zero-order chi connectivity index (χ0) is 43.5. The second-order valence-corrected chi connectivity index (χ2v) is 18.5. The minimum absolute atomic E-state index is 0.0444. The quantitative estimate of drug-likeness (QED) is 0.0879. The van der Waals surface area contributed by atoms with Crippen LogP contribution < -0.4 is 10.6 Å². The first-order valence-corrected chi connectivity index (χ1v) is 21.9. The zero-order valence-corrected chi connectivity index (χ0v) is 36.5. The Morgan fingerprint density at radius 1 is 0.726 bits per heavy atom. The molecule has 0 unspecified atom stereocenters. The first kappa shape index (κ1) is 41.2. The largest absolute Gasteiger partial charge is 0.483 e. The molecule has 5 aromatic rings. The highest BCUT2D eigenvalue weighted by atomic mass is 16.5. The number of imidazole rings is 2. The summed E-state index contributed by atoms with van der Waals surface area (Å²) in [5.74, 6) is 2.66.